The van der Waals surface area contributed by atoms with Gasteiger partial charge in [0.25, 0.3) is 0 Å². The zero-order valence-electron chi connectivity index (χ0n) is 29.3. The number of allylic oxidation sites excluding steroid dienone is 2. The average molecular weight is 722 g/mol. The summed E-state index contributed by atoms with van der Waals surface area (Å²) in [6, 6.07) is 70.4. The van der Waals surface area contributed by atoms with Gasteiger partial charge in [-0.1, -0.05) is 182 Å². The second kappa shape index (κ2) is 16.5. The molecule has 5 heteroatoms. The first-order valence-corrected chi connectivity index (χ1v) is 20.7. The van der Waals surface area contributed by atoms with E-state index >= 15 is 0 Å². The Morgan fingerprint density at radius 2 is 0.887 bits per heavy atom. The van der Waals surface area contributed by atoms with Crippen LogP contribution < -0.4 is 48.2 Å². The molecule has 1 aliphatic heterocycles. The monoisotopic (exact) mass is 721 g/mol. The standard InChI is InChI=1S/C48H41N3P2/c49-48(51-47-31-30-39(35-50-47)36-16-6-1-7-17-36)38-28-26-37(27-29-38)40-32-45(52(41-18-8-2-9-19-41)42-20-10-3-11-21-42)34-46(33-40)53(43-22-12-4-13-23-43)44-24-14-5-15-25-44/h1-35,47-48,50-51H,49H2. The molecule has 2 atom stereocenters. The molecule has 1 heterocycles. The highest BCUT2D eigenvalue weighted by Gasteiger charge is 2.23. The number of dihydropyridines is 1. The summed E-state index contributed by atoms with van der Waals surface area (Å²) in [5, 5.41) is 15.0. The molecular formula is C48H41N3P2. The molecule has 258 valence electrons. The minimum atomic E-state index is -0.814. The lowest BCUT2D eigenvalue weighted by atomic mass is 10.0. The van der Waals surface area contributed by atoms with Gasteiger partial charge in [0.15, 0.2) is 0 Å². The Kier molecular flexibility index (Phi) is 10.8. The molecule has 2 unspecified atom stereocenters. The zero-order chi connectivity index (χ0) is 35.8. The van der Waals surface area contributed by atoms with Crippen LogP contribution in [0.4, 0.5) is 0 Å². The Morgan fingerprint density at radius 3 is 1.30 bits per heavy atom. The van der Waals surface area contributed by atoms with E-state index < -0.39 is 15.8 Å². The van der Waals surface area contributed by atoms with Crippen LogP contribution in [-0.4, -0.2) is 6.17 Å². The summed E-state index contributed by atoms with van der Waals surface area (Å²) < 4.78 is 0. The summed E-state index contributed by atoms with van der Waals surface area (Å²) in [6.07, 6.45) is 5.91. The highest BCUT2D eigenvalue weighted by atomic mass is 31.1. The number of nitrogens with two attached hydrogens (primary N) is 1. The molecule has 0 radical (unpaired) electrons. The molecule has 0 aliphatic carbocycles. The van der Waals surface area contributed by atoms with E-state index in [1.807, 2.05) is 12.3 Å². The SMILES string of the molecule is NC(NC1C=CC(c2ccccc2)=CN1)c1ccc(-c2cc(P(c3ccccc3)c3ccccc3)cc(P(c3ccccc3)c3ccccc3)c2)cc1. The van der Waals surface area contributed by atoms with Crippen LogP contribution in [0.3, 0.4) is 0 Å². The largest absolute Gasteiger partial charge is 0.372 e. The lowest BCUT2D eigenvalue weighted by Gasteiger charge is -2.25. The van der Waals surface area contributed by atoms with Crippen LogP contribution in [0.25, 0.3) is 16.7 Å². The minimum Gasteiger partial charge on any atom is -0.372 e. The second-order valence-corrected chi connectivity index (χ2v) is 17.4. The zero-order valence-corrected chi connectivity index (χ0v) is 31.1. The molecular weight excluding hydrogens is 680 g/mol. The number of hydrogen-bond acceptors (Lipinski definition) is 3. The highest BCUT2D eigenvalue weighted by molar-refractivity contribution is 7.81. The van der Waals surface area contributed by atoms with Gasteiger partial charge in [-0.2, -0.15) is 0 Å². The van der Waals surface area contributed by atoms with E-state index in [1.54, 1.807) is 0 Å². The normalized spacial score (nSPS) is 14.5. The quantitative estimate of drug-likeness (QED) is 0.0940. The number of benzene rings is 7. The van der Waals surface area contributed by atoms with Crippen molar-refractivity contribution in [3.63, 3.8) is 0 Å². The van der Waals surface area contributed by atoms with Gasteiger partial charge in [0, 0.05) is 6.20 Å². The van der Waals surface area contributed by atoms with Gasteiger partial charge in [-0.3, -0.25) is 5.32 Å². The lowest BCUT2D eigenvalue weighted by Crippen LogP contribution is -2.44. The summed E-state index contributed by atoms with van der Waals surface area (Å²) in [7, 11) is -1.63. The Hall–Kier alpha value is -5.40. The summed E-state index contributed by atoms with van der Waals surface area (Å²) in [6.45, 7) is 0. The molecule has 7 aromatic rings. The van der Waals surface area contributed by atoms with E-state index in [2.05, 4.69) is 211 Å². The van der Waals surface area contributed by atoms with Crippen molar-refractivity contribution in [1.82, 2.24) is 10.6 Å². The van der Waals surface area contributed by atoms with E-state index in [0.29, 0.717) is 0 Å². The maximum atomic E-state index is 6.75. The van der Waals surface area contributed by atoms with Crippen LogP contribution in [0.2, 0.25) is 0 Å². The molecule has 7 aromatic carbocycles. The van der Waals surface area contributed by atoms with Crippen molar-refractivity contribution in [3.05, 3.63) is 224 Å². The fourth-order valence-corrected chi connectivity index (χ4v) is 11.6. The van der Waals surface area contributed by atoms with Crippen molar-refractivity contribution >= 4 is 53.2 Å². The van der Waals surface area contributed by atoms with Gasteiger partial charge < -0.3 is 11.1 Å². The van der Waals surface area contributed by atoms with Gasteiger partial charge in [-0.15, -0.1) is 0 Å². The van der Waals surface area contributed by atoms with Gasteiger partial charge in [0.1, 0.15) is 0 Å². The van der Waals surface area contributed by atoms with Crippen LogP contribution >= 0.6 is 15.8 Å². The number of hydrogen-bond donors (Lipinski definition) is 3. The Bertz CT molecular complexity index is 2110. The van der Waals surface area contributed by atoms with Gasteiger partial charge in [0.05, 0.1) is 12.3 Å². The molecule has 0 saturated heterocycles. The molecule has 0 fully saturated rings. The average Bonchev–Trinajstić information content (AvgIpc) is 3.23. The molecule has 0 aromatic heterocycles. The lowest BCUT2D eigenvalue weighted by molar-refractivity contribution is 0.466. The Balaban J connectivity index is 1.16. The predicted molar refractivity (Wildman–Crippen MR) is 230 cm³/mol. The van der Waals surface area contributed by atoms with E-state index in [4.69, 9.17) is 5.73 Å². The maximum absolute atomic E-state index is 6.75. The minimum absolute atomic E-state index is 0.0678. The Morgan fingerprint density at radius 1 is 0.453 bits per heavy atom. The van der Waals surface area contributed by atoms with Crippen molar-refractivity contribution < 1.29 is 0 Å². The topological polar surface area (TPSA) is 50.1 Å². The maximum Gasteiger partial charge on any atom is 0.0974 e. The van der Waals surface area contributed by atoms with Crippen LogP contribution in [0.15, 0.2) is 212 Å². The van der Waals surface area contributed by atoms with E-state index in [-0.39, 0.29) is 12.3 Å². The van der Waals surface area contributed by atoms with Gasteiger partial charge in [-0.25, -0.2) is 0 Å². The summed E-state index contributed by atoms with van der Waals surface area (Å²) in [5.41, 5.74) is 12.5. The predicted octanol–water partition coefficient (Wildman–Crippen LogP) is 7.94. The molecule has 0 spiro atoms. The van der Waals surface area contributed by atoms with Crippen molar-refractivity contribution in [2.45, 2.75) is 12.3 Å². The molecule has 53 heavy (non-hydrogen) atoms. The molecule has 0 bridgehead atoms. The fourth-order valence-electron chi connectivity index (χ4n) is 6.79. The van der Waals surface area contributed by atoms with Crippen LogP contribution in [-0.2, 0) is 0 Å². The van der Waals surface area contributed by atoms with Crippen molar-refractivity contribution in [2.75, 3.05) is 0 Å². The third kappa shape index (κ3) is 8.16. The number of rotatable bonds is 11. The third-order valence-corrected chi connectivity index (χ3v) is 14.2. The van der Waals surface area contributed by atoms with Gasteiger partial charge in [0.2, 0.25) is 0 Å². The molecule has 0 saturated carbocycles. The summed E-state index contributed by atoms with van der Waals surface area (Å²) in [4.78, 5) is 0. The van der Waals surface area contributed by atoms with Crippen molar-refractivity contribution in [1.29, 1.82) is 0 Å². The molecule has 0 amide bonds. The third-order valence-electron chi connectivity index (χ3n) is 9.43. The highest BCUT2D eigenvalue weighted by Crippen LogP contribution is 2.38. The summed E-state index contributed by atoms with van der Waals surface area (Å²) in [5.74, 6) is 0. The van der Waals surface area contributed by atoms with E-state index in [9.17, 15) is 0 Å². The smallest absolute Gasteiger partial charge is 0.0974 e. The molecule has 1 aliphatic rings. The first kappa shape index (κ1) is 34.7. The van der Waals surface area contributed by atoms with Crippen LogP contribution in [0.5, 0.6) is 0 Å². The fraction of sp³-hybridized carbons (Fsp3) is 0.0417. The molecule has 4 N–H and O–H groups in total. The molecule has 8 rings (SSSR count). The van der Waals surface area contributed by atoms with E-state index in [0.717, 1.165) is 11.1 Å². The molecule has 3 nitrogen and oxygen atoms in total. The van der Waals surface area contributed by atoms with Crippen molar-refractivity contribution in [2.24, 2.45) is 5.73 Å². The van der Waals surface area contributed by atoms with Gasteiger partial charge >= 0.3 is 0 Å². The van der Waals surface area contributed by atoms with Crippen LogP contribution in [0.1, 0.15) is 17.3 Å². The number of nitrogens with one attached hydrogen (secondary N) is 2. The first-order valence-electron chi connectivity index (χ1n) is 18.0. The Labute approximate surface area is 315 Å². The van der Waals surface area contributed by atoms with Crippen LogP contribution in [0, 0.1) is 0 Å². The van der Waals surface area contributed by atoms with E-state index in [1.165, 1.54) is 48.5 Å². The summed E-state index contributed by atoms with van der Waals surface area (Å²) >= 11 is 0. The van der Waals surface area contributed by atoms with Gasteiger partial charge in [-0.05, 0) is 99.8 Å². The first-order chi connectivity index (χ1) is 26.2. The second-order valence-electron chi connectivity index (χ2n) is 13.0. The van der Waals surface area contributed by atoms with Crippen molar-refractivity contribution in [3.8, 4) is 11.1 Å².